The third kappa shape index (κ3) is 5.19. The largest absolute Gasteiger partial charge is 0.501 e. The monoisotopic (exact) mass is 246 g/mol. The Morgan fingerprint density at radius 1 is 1.35 bits per heavy atom. The second-order valence-corrected chi connectivity index (χ2v) is 4.63. The molecular weight excluding hydrogens is 224 g/mol. The summed E-state index contributed by atoms with van der Waals surface area (Å²) < 4.78 is 14.7. The van der Waals surface area contributed by atoms with E-state index in [1.165, 1.54) is 13.4 Å². The Labute approximate surface area is 102 Å². The van der Waals surface area contributed by atoms with E-state index in [0.29, 0.717) is 6.61 Å². The van der Waals surface area contributed by atoms with Gasteiger partial charge in [-0.3, -0.25) is 0 Å². The van der Waals surface area contributed by atoms with Gasteiger partial charge in [-0.05, 0) is 6.42 Å². The Morgan fingerprint density at radius 3 is 2.35 bits per heavy atom. The van der Waals surface area contributed by atoms with Crippen LogP contribution in [0.15, 0.2) is 12.3 Å². The molecule has 0 radical (unpaired) electrons. The molecule has 5 nitrogen and oxygen atoms in total. The van der Waals surface area contributed by atoms with Crippen LogP contribution in [0.2, 0.25) is 0 Å². The van der Waals surface area contributed by atoms with Crippen LogP contribution in [0.3, 0.4) is 0 Å². The van der Waals surface area contributed by atoms with E-state index in [1.807, 2.05) is 6.92 Å². The third-order valence-corrected chi connectivity index (χ3v) is 2.09. The van der Waals surface area contributed by atoms with Gasteiger partial charge in [0.25, 0.3) is 0 Å². The van der Waals surface area contributed by atoms with E-state index < -0.39 is 17.4 Å². The highest BCUT2D eigenvalue weighted by atomic mass is 16.8. The Kier molecular flexibility index (Phi) is 6.20. The van der Waals surface area contributed by atoms with E-state index in [2.05, 4.69) is 0 Å². The number of rotatable bonds is 6. The molecule has 0 amide bonds. The molecule has 0 bridgehead atoms. The number of carbonyl (C=O) groups is 1. The van der Waals surface area contributed by atoms with Gasteiger partial charge in [-0.1, -0.05) is 27.7 Å². The first-order valence-corrected chi connectivity index (χ1v) is 5.55. The van der Waals surface area contributed by atoms with Crippen molar-refractivity contribution in [2.24, 2.45) is 5.41 Å². The van der Waals surface area contributed by atoms with Crippen LogP contribution in [0.1, 0.15) is 34.1 Å². The predicted molar refractivity (Wildman–Crippen MR) is 62.9 cm³/mol. The zero-order chi connectivity index (χ0) is 13.5. The summed E-state index contributed by atoms with van der Waals surface area (Å²) in [6, 6.07) is 0. The smallest absolute Gasteiger partial charge is 0.338 e. The van der Waals surface area contributed by atoms with Crippen molar-refractivity contribution >= 4 is 5.97 Å². The minimum Gasteiger partial charge on any atom is -0.501 e. The van der Waals surface area contributed by atoms with Gasteiger partial charge in [-0.25, -0.2) is 4.79 Å². The summed E-state index contributed by atoms with van der Waals surface area (Å²) in [5.41, 5.74) is -0.754. The van der Waals surface area contributed by atoms with Crippen molar-refractivity contribution in [2.75, 3.05) is 13.7 Å². The second-order valence-electron chi connectivity index (χ2n) is 4.63. The lowest BCUT2D eigenvalue weighted by Gasteiger charge is -2.36. The van der Waals surface area contributed by atoms with Crippen LogP contribution >= 0.6 is 0 Å². The van der Waals surface area contributed by atoms with Crippen molar-refractivity contribution in [1.82, 2.24) is 0 Å². The number of aliphatic hydroxyl groups is 1. The lowest BCUT2D eigenvalue weighted by atomic mass is 9.93. The quantitative estimate of drug-likeness (QED) is 0.254. The van der Waals surface area contributed by atoms with Gasteiger partial charge in [-0.2, -0.15) is 0 Å². The fraction of sp³-hybridized carbons (Fsp3) is 0.750. The molecule has 0 aromatic rings. The van der Waals surface area contributed by atoms with Crippen LogP contribution in [0.4, 0.5) is 0 Å². The Balaban J connectivity index is 4.39. The van der Waals surface area contributed by atoms with E-state index in [4.69, 9.17) is 14.2 Å². The molecule has 0 aromatic carbocycles. The molecule has 0 aliphatic rings. The summed E-state index contributed by atoms with van der Waals surface area (Å²) in [6.45, 7) is 7.57. The van der Waals surface area contributed by atoms with Gasteiger partial charge >= 0.3 is 11.9 Å². The molecule has 0 fully saturated rings. The SMILES string of the molecule is CCCOC=CC(=O)OC(O)(OC)C(C)(C)C. The van der Waals surface area contributed by atoms with Crippen molar-refractivity contribution in [1.29, 1.82) is 0 Å². The average Bonchev–Trinajstić information content (AvgIpc) is 2.22. The van der Waals surface area contributed by atoms with Crippen molar-refractivity contribution in [3.05, 3.63) is 12.3 Å². The highest BCUT2D eigenvalue weighted by Gasteiger charge is 2.44. The minimum absolute atomic E-state index is 0.525. The standard InChI is InChI=1S/C12H22O5/c1-6-8-16-9-7-10(13)17-12(14,15-5)11(2,3)4/h7,9,14H,6,8H2,1-5H3. The first kappa shape index (κ1) is 15.9. The highest BCUT2D eigenvalue weighted by Crippen LogP contribution is 2.32. The number of methoxy groups -OCH3 is 1. The van der Waals surface area contributed by atoms with Crippen LogP contribution in [0, 0.1) is 5.41 Å². The summed E-state index contributed by atoms with van der Waals surface area (Å²) in [5.74, 6) is -2.68. The molecule has 0 saturated heterocycles. The van der Waals surface area contributed by atoms with Gasteiger partial charge < -0.3 is 19.3 Å². The third-order valence-electron chi connectivity index (χ3n) is 2.09. The van der Waals surface area contributed by atoms with Gasteiger partial charge in [0, 0.05) is 7.11 Å². The normalized spacial score (nSPS) is 15.6. The van der Waals surface area contributed by atoms with Crippen molar-refractivity contribution < 1.29 is 24.1 Å². The molecule has 0 spiro atoms. The van der Waals surface area contributed by atoms with Gasteiger partial charge in [-0.15, -0.1) is 0 Å². The molecule has 5 heteroatoms. The summed E-state index contributed by atoms with van der Waals surface area (Å²) in [4.78, 5) is 11.4. The average molecular weight is 246 g/mol. The number of hydrogen-bond donors (Lipinski definition) is 1. The van der Waals surface area contributed by atoms with Crippen molar-refractivity contribution in [2.45, 2.75) is 40.1 Å². The molecule has 17 heavy (non-hydrogen) atoms. The van der Waals surface area contributed by atoms with Crippen LogP contribution < -0.4 is 0 Å². The zero-order valence-electron chi connectivity index (χ0n) is 11.1. The molecule has 0 aliphatic heterocycles. The predicted octanol–water partition coefficient (Wildman–Crippen LogP) is 1.81. The van der Waals surface area contributed by atoms with E-state index in [-0.39, 0.29) is 0 Å². The fourth-order valence-electron chi connectivity index (χ4n) is 0.961. The molecular formula is C12H22O5. The lowest BCUT2D eigenvalue weighted by molar-refractivity contribution is -0.375. The van der Waals surface area contributed by atoms with Crippen LogP contribution in [0.25, 0.3) is 0 Å². The molecule has 0 saturated carbocycles. The number of esters is 1. The highest BCUT2D eigenvalue weighted by molar-refractivity contribution is 5.81. The molecule has 0 rings (SSSR count). The van der Waals surface area contributed by atoms with E-state index in [0.717, 1.165) is 12.5 Å². The summed E-state index contributed by atoms with van der Waals surface area (Å²) in [6.07, 6.45) is 3.19. The van der Waals surface area contributed by atoms with Gasteiger partial charge in [0.05, 0.1) is 24.4 Å². The van der Waals surface area contributed by atoms with Crippen LogP contribution in [0.5, 0.6) is 0 Å². The summed E-state index contributed by atoms with van der Waals surface area (Å²) in [5, 5.41) is 9.99. The van der Waals surface area contributed by atoms with Gasteiger partial charge in [0.1, 0.15) is 0 Å². The molecule has 100 valence electrons. The topological polar surface area (TPSA) is 65.0 Å². The maximum atomic E-state index is 11.4. The zero-order valence-corrected chi connectivity index (χ0v) is 11.1. The number of ether oxygens (including phenoxy) is 3. The first-order valence-electron chi connectivity index (χ1n) is 5.55. The van der Waals surface area contributed by atoms with Crippen molar-refractivity contribution in [3.63, 3.8) is 0 Å². The molecule has 1 N–H and O–H groups in total. The summed E-state index contributed by atoms with van der Waals surface area (Å²) >= 11 is 0. The van der Waals surface area contributed by atoms with Crippen LogP contribution in [-0.2, 0) is 19.0 Å². The fourth-order valence-corrected chi connectivity index (χ4v) is 0.961. The second kappa shape index (κ2) is 6.61. The van der Waals surface area contributed by atoms with Gasteiger partial charge in [0.15, 0.2) is 0 Å². The van der Waals surface area contributed by atoms with E-state index in [1.54, 1.807) is 20.8 Å². The maximum Gasteiger partial charge on any atom is 0.338 e. The Bertz CT molecular complexity index is 267. The van der Waals surface area contributed by atoms with Gasteiger partial charge in [0.2, 0.25) is 0 Å². The Morgan fingerprint density at radius 2 is 1.94 bits per heavy atom. The number of carbonyl (C=O) groups excluding carboxylic acids is 1. The lowest BCUT2D eigenvalue weighted by Crippen LogP contribution is -2.48. The van der Waals surface area contributed by atoms with Crippen molar-refractivity contribution in [3.8, 4) is 0 Å². The number of hydrogen-bond acceptors (Lipinski definition) is 5. The molecule has 1 unspecified atom stereocenters. The molecule has 0 heterocycles. The molecule has 0 aliphatic carbocycles. The Hall–Kier alpha value is -1.07. The van der Waals surface area contributed by atoms with Crippen LogP contribution in [-0.4, -0.2) is 30.8 Å². The maximum absolute atomic E-state index is 11.4. The minimum atomic E-state index is -1.96. The molecule has 1 atom stereocenters. The van der Waals surface area contributed by atoms with E-state index >= 15 is 0 Å². The summed E-state index contributed by atoms with van der Waals surface area (Å²) in [7, 11) is 1.27. The van der Waals surface area contributed by atoms with E-state index in [9.17, 15) is 9.90 Å². The molecule has 0 aromatic heterocycles. The first-order chi connectivity index (χ1) is 7.77.